The van der Waals surface area contributed by atoms with Crippen molar-refractivity contribution >= 4 is 34.8 Å². The zero-order chi connectivity index (χ0) is 22.0. The molecule has 0 saturated carbocycles. The van der Waals surface area contributed by atoms with Gasteiger partial charge in [0.05, 0.1) is 23.2 Å². The van der Waals surface area contributed by atoms with Gasteiger partial charge in [-0.3, -0.25) is 9.80 Å². The number of hydrogen-bond donors (Lipinski definition) is 1. The Bertz CT molecular complexity index is 958. The largest absolute Gasteiger partial charge is 0.490 e. The number of anilines is 2. The van der Waals surface area contributed by atoms with Gasteiger partial charge in [0.2, 0.25) is 0 Å². The molecule has 1 aromatic heterocycles. The Morgan fingerprint density at radius 1 is 1.23 bits per heavy atom. The number of hydrogen-bond acceptors (Lipinski definition) is 6. The summed E-state index contributed by atoms with van der Waals surface area (Å²) in [7, 11) is 0. The summed E-state index contributed by atoms with van der Waals surface area (Å²) >= 11 is 6.27. The first-order chi connectivity index (χ1) is 14.9. The molecule has 1 aromatic carbocycles. The number of aromatic nitrogens is 1. The number of rotatable bonds is 6. The summed E-state index contributed by atoms with van der Waals surface area (Å²) < 4.78 is 6.19. The zero-order valence-electron chi connectivity index (χ0n) is 17.7. The molecule has 1 saturated heterocycles. The Balaban J connectivity index is 1.36. The standard InChI is InChI=1S/C23H27ClN4O3/c1-15-16(2)26-28(21(15)14-22(29)30)17-5-7-18(8-6-17)31-19-9-12-27(13-10-19)23-20(24)4-3-11-25-23/h3-8,11,15,19,21H,9-10,12-14H2,1-2H3,(H,29,30). The molecule has 7 nitrogen and oxygen atoms in total. The second-order valence-corrected chi connectivity index (χ2v) is 8.55. The minimum atomic E-state index is -0.815. The van der Waals surface area contributed by atoms with Gasteiger partial charge in [0.25, 0.3) is 0 Å². The highest BCUT2D eigenvalue weighted by Gasteiger charge is 2.34. The summed E-state index contributed by atoms with van der Waals surface area (Å²) in [5, 5.41) is 16.4. The van der Waals surface area contributed by atoms with Crippen molar-refractivity contribution in [1.82, 2.24) is 4.98 Å². The first-order valence-electron chi connectivity index (χ1n) is 10.6. The van der Waals surface area contributed by atoms with Crippen LogP contribution in [-0.2, 0) is 4.79 Å². The van der Waals surface area contributed by atoms with E-state index in [1.165, 1.54) is 0 Å². The van der Waals surface area contributed by atoms with Crippen molar-refractivity contribution in [3.8, 4) is 5.75 Å². The van der Waals surface area contributed by atoms with Gasteiger partial charge in [-0.25, -0.2) is 4.98 Å². The van der Waals surface area contributed by atoms with Gasteiger partial charge in [0.15, 0.2) is 0 Å². The molecular formula is C23H27ClN4O3. The van der Waals surface area contributed by atoms with Gasteiger partial charge in [-0.2, -0.15) is 5.10 Å². The molecule has 4 rings (SSSR count). The van der Waals surface area contributed by atoms with Crippen LogP contribution in [0.15, 0.2) is 47.7 Å². The average molecular weight is 443 g/mol. The maximum absolute atomic E-state index is 11.3. The molecule has 0 radical (unpaired) electrons. The molecule has 0 amide bonds. The number of ether oxygens (including phenoxy) is 1. The van der Waals surface area contributed by atoms with E-state index in [1.807, 2.05) is 55.3 Å². The third-order valence-electron chi connectivity index (χ3n) is 6.08. The first-order valence-corrected chi connectivity index (χ1v) is 11.0. The Morgan fingerprint density at radius 3 is 2.58 bits per heavy atom. The number of piperidine rings is 1. The maximum Gasteiger partial charge on any atom is 0.305 e. The summed E-state index contributed by atoms with van der Waals surface area (Å²) in [6.07, 6.45) is 3.74. The van der Waals surface area contributed by atoms with Crippen molar-refractivity contribution in [3.63, 3.8) is 0 Å². The van der Waals surface area contributed by atoms with Crippen LogP contribution in [-0.4, -0.2) is 47.0 Å². The number of aliphatic carboxylic acids is 1. The van der Waals surface area contributed by atoms with Crippen molar-refractivity contribution in [2.75, 3.05) is 23.0 Å². The fourth-order valence-electron chi connectivity index (χ4n) is 4.18. The first kappa shape index (κ1) is 21.4. The van der Waals surface area contributed by atoms with Crippen molar-refractivity contribution in [3.05, 3.63) is 47.6 Å². The van der Waals surface area contributed by atoms with E-state index in [4.69, 9.17) is 16.3 Å². The lowest BCUT2D eigenvalue weighted by atomic mass is 9.96. The minimum absolute atomic E-state index is 0.0547. The van der Waals surface area contributed by atoms with Crippen molar-refractivity contribution < 1.29 is 14.6 Å². The fourth-order valence-corrected chi connectivity index (χ4v) is 4.42. The van der Waals surface area contributed by atoms with E-state index in [9.17, 15) is 9.90 Å². The Labute approximate surface area is 187 Å². The van der Waals surface area contributed by atoms with E-state index in [-0.39, 0.29) is 24.5 Å². The summed E-state index contributed by atoms with van der Waals surface area (Å²) in [6.45, 7) is 5.65. The Kier molecular flexibility index (Phi) is 6.32. The monoisotopic (exact) mass is 442 g/mol. The number of hydrazone groups is 1. The predicted octanol–water partition coefficient (Wildman–Crippen LogP) is 4.46. The predicted molar refractivity (Wildman–Crippen MR) is 122 cm³/mol. The van der Waals surface area contributed by atoms with Crippen LogP contribution in [0.3, 0.4) is 0 Å². The second-order valence-electron chi connectivity index (χ2n) is 8.15. The van der Waals surface area contributed by atoms with Crippen LogP contribution in [0.4, 0.5) is 11.5 Å². The molecule has 2 aliphatic rings. The SMILES string of the molecule is CC1=NN(c2ccc(OC3CCN(c4ncccc4Cl)CC3)cc2)C(CC(=O)O)C1C. The summed E-state index contributed by atoms with van der Waals surface area (Å²) in [4.78, 5) is 17.9. The van der Waals surface area contributed by atoms with Gasteiger partial charge in [0.1, 0.15) is 17.7 Å². The second kappa shape index (κ2) is 9.14. The average Bonchev–Trinajstić information content (AvgIpc) is 3.03. The highest BCUT2D eigenvalue weighted by molar-refractivity contribution is 6.32. The molecule has 8 heteroatoms. The topological polar surface area (TPSA) is 78.3 Å². The minimum Gasteiger partial charge on any atom is -0.490 e. The van der Waals surface area contributed by atoms with Crippen LogP contribution in [0.25, 0.3) is 0 Å². The maximum atomic E-state index is 11.3. The van der Waals surface area contributed by atoms with Gasteiger partial charge in [-0.15, -0.1) is 0 Å². The fraction of sp³-hybridized carbons (Fsp3) is 0.435. The molecule has 2 aliphatic heterocycles. The van der Waals surface area contributed by atoms with Gasteiger partial charge >= 0.3 is 5.97 Å². The molecule has 2 unspecified atom stereocenters. The van der Waals surface area contributed by atoms with Crippen LogP contribution >= 0.6 is 11.6 Å². The van der Waals surface area contributed by atoms with Crippen LogP contribution in [0.1, 0.15) is 33.1 Å². The van der Waals surface area contributed by atoms with Gasteiger partial charge in [0, 0.05) is 43.8 Å². The van der Waals surface area contributed by atoms with Crippen LogP contribution in [0.2, 0.25) is 5.02 Å². The smallest absolute Gasteiger partial charge is 0.305 e. The molecule has 0 spiro atoms. The number of carboxylic acid groups (broad SMARTS) is 1. The molecule has 3 heterocycles. The van der Waals surface area contributed by atoms with Crippen LogP contribution in [0.5, 0.6) is 5.75 Å². The van der Waals surface area contributed by atoms with Crippen molar-refractivity contribution in [2.24, 2.45) is 11.0 Å². The number of carboxylic acids is 1. The van der Waals surface area contributed by atoms with Crippen LogP contribution < -0.4 is 14.6 Å². The van der Waals surface area contributed by atoms with E-state index in [2.05, 4.69) is 15.0 Å². The normalized spacial score (nSPS) is 21.8. The molecule has 2 atom stereocenters. The Hall–Kier alpha value is -2.80. The highest BCUT2D eigenvalue weighted by Crippen LogP contribution is 2.32. The molecule has 2 aromatic rings. The number of halogens is 1. The molecule has 164 valence electrons. The number of pyridine rings is 1. The zero-order valence-corrected chi connectivity index (χ0v) is 18.5. The number of carbonyl (C=O) groups is 1. The Morgan fingerprint density at radius 2 is 1.94 bits per heavy atom. The molecular weight excluding hydrogens is 416 g/mol. The lowest BCUT2D eigenvalue weighted by molar-refractivity contribution is -0.137. The van der Waals surface area contributed by atoms with Crippen LogP contribution in [0, 0.1) is 5.92 Å². The third-order valence-corrected chi connectivity index (χ3v) is 6.38. The molecule has 1 N–H and O–H groups in total. The molecule has 31 heavy (non-hydrogen) atoms. The lowest BCUT2D eigenvalue weighted by Crippen LogP contribution is -2.38. The van der Waals surface area contributed by atoms with Crippen molar-refractivity contribution in [1.29, 1.82) is 0 Å². The van der Waals surface area contributed by atoms with Gasteiger partial charge < -0.3 is 14.7 Å². The van der Waals surface area contributed by atoms with Gasteiger partial charge in [-0.1, -0.05) is 18.5 Å². The van der Waals surface area contributed by atoms with E-state index < -0.39 is 5.97 Å². The van der Waals surface area contributed by atoms with Gasteiger partial charge in [-0.05, 0) is 43.3 Å². The number of nitrogens with zero attached hydrogens (tertiary/aromatic N) is 4. The summed E-state index contributed by atoms with van der Waals surface area (Å²) in [6, 6.07) is 11.3. The molecule has 0 bridgehead atoms. The summed E-state index contributed by atoms with van der Waals surface area (Å²) in [5.74, 6) is 0.925. The summed E-state index contributed by atoms with van der Waals surface area (Å²) in [5.41, 5.74) is 1.83. The number of benzene rings is 1. The quantitative estimate of drug-likeness (QED) is 0.711. The molecule has 0 aliphatic carbocycles. The van der Waals surface area contributed by atoms with E-state index in [1.54, 1.807) is 6.20 Å². The van der Waals surface area contributed by atoms with E-state index in [0.717, 1.165) is 48.9 Å². The third kappa shape index (κ3) is 4.77. The lowest BCUT2D eigenvalue weighted by Gasteiger charge is -2.33. The molecule has 1 fully saturated rings. The van der Waals surface area contributed by atoms with E-state index >= 15 is 0 Å². The van der Waals surface area contributed by atoms with Crippen molar-refractivity contribution in [2.45, 2.75) is 45.3 Å². The van der Waals surface area contributed by atoms with E-state index in [0.29, 0.717) is 5.02 Å². The highest BCUT2D eigenvalue weighted by atomic mass is 35.5.